The predicted molar refractivity (Wildman–Crippen MR) is 79.3 cm³/mol. The first kappa shape index (κ1) is 13.6. The summed E-state index contributed by atoms with van der Waals surface area (Å²) < 4.78 is 17.2. The monoisotopic (exact) mass is 286 g/mol. The summed E-state index contributed by atoms with van der Waals surface area (Å²) in [6.07, 6.45) is -0.372. The number of benzene rings is 2. The Bertz CT molecular complexity index is 666. The highest BCUT2D eigenvalue weighted by atomic mass is 16.6. The van der Waals surface area contributed by atoms with E-state index < -0.39 is 0 Å². The number of rotatable bonds is 2. The standard InChI is InChI=1S/C17H18O4/c1-10-4-7-14-16(8-10)20-11(2)17(21-14)12-5-6-13(18)15(9-12)19-3/h4-9,11,17-18H,1-3H3. The van der Waals surface area contributed by atoms with Crippen LogP contribution in [0, 0.1) is 6.92 Å². The molecule has 0 bridgehead atoms. The second-order valence-electron chi connectivity index (χ2n) is 5.24. The number of methoxy groups -OCH3 is 1. The molecule has 0 aromatic heterocycles. The van der Waals surface area contributed by atoms with E-state index in [1.165, 1.54) is 7.11 Å². The molecule has 4 heteroatoms. The number of phenolic OH excluding ortho intramolecular Hbond substituents is 1. The molecule has 3 rings (SSSR count). The van der Waals surface area contributed by atoms with Crippen molar-refractivity contribution >= 4 is 0 Å². The number of aromatic hydroxyl groups is 1. The van der Waals surface area contributed by atoms with Gasteiger partial charge in [-0.15, -0.1) is 0 Å². The van der Waals surface area contributed by atoms with Gasteiger partial charge in [-0.2, -0.15) is 0 Å². The minimum absolute atomic E-state index is 0.113. The smallest absolute Gasteiger partial charge is 0.162 e. The Morgan fingerprint density at radius 1 is 1.05 bits per heavy atom. The minimum atomic E-state index is -0.241. The maximum atomic E-state index is 9.69. The number of hydrogen-bond donors (Lipinski definition) is 1. The van der Waals surface area contributed by atoms with Gasteiger partial charge in [-0.25, -0.2) is 0 Å². The van der Waals surface area contributed by atoms with Crippen molar-refractivity contribution in [2.45, 2.75) is 26.1 Å². The molecule has 0 saturated carbocycles. The van der Waals surface area contributed by atoms with Crippen molar-refractivity contribution in [3.05, 3.63) is 47.5 Å². The third kappa shape index (κ3) is 2.49. The van der Waals surface area contributed by atoms with Crippen molar-refractivity contribution in [2.24, 2.45) is 0 Å². The van der Waals surface area contributed by atoms with Crippen LogP contribution in [0.2, 0.25) is 0 Å². The molecule has 4 nitrogen and oxygen atoms in total. The van der Waals surface area contributed by atoms with Gasteiger partial charge in [0.05, 0.1) is 7.11 Å². The zero-order chi connectivity index (χ0) is 15.0. The van der Waals surface area contributed by atoms with Crippen LogP contribution in [0.4, 0.5) is 0 Å². The van der Waals surface area contributed by atoms with Gasteiger partial charge in [0.15, 0.2) is 29.1 Å². The fourth-order valence-corrected chi connectivity index (χ4v) is 2.51. The van der Waals surface area contributed by atoms with Crippen LogP contribution in [-0.4, -0.2) is 18.3 Å². The molecule has 2 atom stereocenters. The molecular formula is C17H18O4. The fourth-order valence-electron chi connectivity index (χ4n) is 2.51. The van der Waals surface area contributed by atoms with Crippen LogP contribution in [0.1, 0.15) is 24.2 Å². The predicted octanol–water partition coefficient (Wildman–Crippen LogP) is 3.61. The highest BCUT2D eigenvalue weighted by Crippen LogP contribution is 2.41. The zero-order valence-electron chi connectivity index (χ0n) is 12.3. The summed E-state index contributed by atoms with van der Waals surface area (Å²) in [5.74, 6) is 2.04. The SMILES string of the molecule is COc1cc(C2Oc3ccc(C)cc3OC2C)ccc1O. The molecule has 0 fully saturated rings. The van der Waals surface area contributed by atoms with Gasteiger partial charge < -0.3 is 19.3 Å². The average Bonchev–Trinajstić information content (AvgIpc) is 2.47. The Morgan fingerprint density at radius 2 is 1.86 bits per heavy atom. The third-order valence-electron chi connectivity index (χ3n) is 3.62. The van der Waals surface area contributed by atoms with Gasteiger partial charge in [0.1, 0.15) is 6.10 Å². The second-order valence-corrected chi connectivity index (χ2v) is 5.24. The van der Waals surface area contributed by atoms with Crippen molar-refractivity contribution in [1.29, 1.82) is 0 Å². The Balaban J connectivity index is 1.95. The molecular weight excluding hydrogens is 268 g/mol. The van der Waals surface area contributed by atoms with E-state index in [1.54, 1.807) is 12.1 Å². The van der Waals surface area contributed by atoms with Gasteiger partial charge in [0.2, 0.25) is 0 Å². The maximum absolute atomic E-state index is 9.69. The Kier molecular flexibility index (Phi) is 3.37. The molecule has 2 aromatic rings. The van der Waals surface area contributed by atoms with E-state index in [2.05, 4.69) is 0 Å². The molecule has 0 saturated heterocycles. The molecule has 0 spiro atoms. The first-order valence-electron chi connectivity index (χ1n) is 6.89. The van der Waals surface area contributed by atoms with Crippen molar-refractivity contribution in [3.8, 4) is 23.0 Å². The average molecular weight is 286 g/mol. The van der Waals surface area contributed by atoms with E-state index in [-0.39, 0.29) is 18.0 Å². The topological polar surface area (TPSA) is 47.9 Å². The van der Waals surface area contributed by atoms with Crippen molar-refractivity contribution < 1.29 is 19.3 Å². The van der Waals surface area contributed by atoms with Crippen LogP contribution in [0.15, 0.2) is 36.4 Å². The lowest BCUT2D eigenvalue weighted by Crippen LogP contribution is -2.30. The molecule has 110 valence electrons. The molecule has 0 radical (unpaired) electrons. The Labute approximate surface area is 123 Å². The fraction of sp³-hybridized carbons (Fsp3) is 0.294. The molecule has 21 heavy (non-hydrogen) atoms. The van der Waals surface area contributed by atoms with E-state index in [1.807, 2.05) is 38.1 Å². The van der Waals surface area contributed by atoms with E-state index in [0.717, 1.165) is 22.6 Å². The van der Waals surface area contributed by atoms with E-state index >= 15 is 0 Å². The number of ether oxygens (including phenoxy) is 3. The van der Waals surface area contributed by atoms with Gasteiger partial charge >= 0.3 is 0 Å². The first-order valence-corrected chi connectivity index (χ1v) is 6.89. The summed E-state index contributed by atoms with van der Waals surface area (Å²) in [7, 11) is 1.53. The number of phenols is 1. The lowest BCUT2D eigenvalue weighted by Gasteiger charge is -2.32. The molecule has 0 amide bonds. The summed E-state index contributed by atoms with van der Waals surface area (Å²) in [6, 6.07) is 11.1. The molecule has 1 aliphatic rings. The van der Waals surface area contributed by atoms with Crippen molar-refractivity contribution in [3.63, 3.8) is 0 Å². The van der Waals surface area contributed by atoms with Crippen LogP contribution in [0.3, 0.4) is 0 Å². The molecule has 2 unspecified atom stereocenters. The van der Waals surface area contributed by atoms with Crippen LogP contribution in [0.5, 0.6) is 23.0 Å². The molecule has 0 aliphatic carbocycles. The Morgan fingerprint density at radius 3 is 2.62 bits per heavy atom. The highest BCUT2D eigenvalue weighted by Gasteiger charge is 2.30. The summed E-state index contributed by atoms with van der Waals surface area (Å²) in [4.78, 5) is 0. The normalized spacial score (nSPS) is 20.1. The third-order valence-corrected chi connectivity index (χ3v) is 3.62. The highest BCUT2D eigenvalue weighted by molar-refractivity contribution is 5.47. The second kappa shape index (κ2) is 5.20. The van der Waals surface area contributed by atoms with E-state index in [4.69, 9.17) is 14.2 Å². The van der Waals surface area contributed by atoms with Crippen molar-refractivity contribution in [1.82, 2.24) is 0 Å². The van der Waals surface area contributed by atoms with Crippen molar-refractivity contribution in [2.75, 3.05) is 7.11 Å². The van der Waals surface area contributed by atoms with E-state index in [9.17, 15) is 5.11 Å². The summed E-state index contributed by atoms with van der Waals surface area (Å²) in [6.45, 7) is 3.99. The molecule has 1 aliphatic heterocycles. The first-order chi connectivity index (χ1) is 10.1. The van der Waals surface area contributed by atoms with Crippen LogP contribution in [-0.2, 0) is 0 Å². The number of hydrogen-bond acceptors (Lipinski definition) is 4. The Hall–Kier alpha value is -2.36. The van der Waals surface area contributed by atoms with Gasteiger partial charge in [0, 0.05) is 5.56 Å². The van der Waals surface area contributed by atoms with Gasteiger partial charge in [0.25, 0.3) is 0 Å². The summed E-state index contributed by atoms with van der Waals surface area (Å²) >= 11 is 0. The number of aryl methyl sites for hydroxylation is 1. The van der Waals surface area contributed by atoms with Crippen LogP contribution >= 0.6 is 0 Å². The van der Waals surface area contributed by atoms with Gasteiger partial charge in [-0.3, -0.25) is 0 Å². The van der Waals surface area contributed by atoms with Gasteiger partial charge in [-0.1, -0.05) is 12.1 Å². The lowest BCUT2D eigenvalue weighted by atomic mass is 10.0. The zero-order valence-corrected chi connectivity index (χ0v) is 12.3. The van der Waals surface area contributed by atoms with Crippen LogP contribution < -0.4 is 14.2 Å². The quantitative estimate of drug-likeness (QED) is 0.916. The largest absolute Gasteiger partial charge is 0.504 e. The minimum Gasteiger partial charge on any atom is -0.504 e. The van der Waals surface area contributed by atoms with Gasteiger partial charge in [-0.05, 0) is 43.7 Å². The maximum Gasteiger partial charge on any atom is 0.162 e. The molecule has 1 heterocycles. The lowest BCUT2D eigenvalue weighted by molar-refractivity contribution is 0.0305. The summed E-state index contributed by atoms with van der Waals surface area (Å²) in [5, 5.41) is 9.69. The van der Waals surface area contributed by atoms with Crippen LogP contribution in [0.25, 0.3) is 0 Å². The van der Waals surface area contributed by atoms with E-state index in [0.29, 0.717) is 5.75 Å². The molecule has 2 aromatic carbocycles. The summed E-state index contributed by atoms with van der Waals surface area (Å²) in [5.41, 5.74) is 2.04. The number of fused-ring (bicyclic) bond motifs is 1. The molecule has 1 N–H and O–H groups in total.